The molecule has 2 heterocycles. The monoisotopic (exact) mass is 186 g/mol. The number of nitrogen functional groups attached to an aromatic ring is 1. The molecule has 2 N–H and O–H groups in total. The highest BCUT2D eigenvalue weighted by Gasteiger charge is 1.96. The van der Waals surface area contributed by atoms with Crippen LogP contribution < -0.4 is 5.73 Å². The van der Waals surface area contributed by atoms with Crippen molar-refractivity contribution in [2.45, 2.75) is 0 Å². The number of fused-ring (bicyclic) bond motifs is 1. The van der Waals surface area contributed by atoms with E-state index in [2.05, 4.69) is 4.98 Å². The van der Waals surface area contributed by atoms with Gasteiger partial charge in [0.05, 0.1) is 15.9 Å². The molecule has 58 valence electrons. The first-order chi connectivity index (χ1) is 4.88. The van der Waals surface area contributed by atoms with Gasteiger partial charge < -0.3 is 5.73 Å². The van der Waals surface area contributed by atoms with E-state index in [1.165, 1.54) is 0 Å². The first-order valence-electron chi connectivity index (χ1n) is 2.95. The van der Waals surface area contributed by atoms with Crippen LogP contribution in [-0.2, 0) is 0 Å². The number of pyridine rings is 1. The second-order valence-electron chi connectivity index (χ2n) is 2.04. The summed E-state index contributed by atoms with van der Waals surface area (Å²) in [7, 11) is 0. The molecule has 4 heteroatoms. The van der Waals surface area contributed by atoms with E-state index in [1.807, 2.05) is 17.5 Å². The van der Waals surface area contributed by atoms with Gasteiger partial charge in [-0.3, -0.25) is 4.98 Å². The van der Waals surface area contributed by atoms with Crippen molar-refractivity contribution in [2.24, 2.45) is 0 Å². The van der Waals surface area contributed by atoms with Crippen LogP contribution in [0.3, 0.4) is 0 Å². The lowest BCUT2D eigenvalue weighted by Crippen LogP contribution is -1.83. The fourth-order valence-corrected chi connectivity index (χ4v) is 1.67. The van der Waals surface area contributed by atoms with Crippen molar-refractivity contribution in [2.75, 3.05) is 5.73 Å². The van der Waals surface area contributed by atoms with E-state index in [4.69, 9.17) is 5.73 Å². The summed E-state index contributed by atoms with van der Waals surface area (Å²) >= 11 is 1.63. The van der Waals surface area contributed by atoms with Crippen LogP contribution in [-0.4, -0.2) is 4.98 Å². The summed E-state index contributed by atoms with van der Waals surface area (Å²) in [6, 6.07) is 3.79. The van der Waals surface area contributed by atoms with Gasteiger partial charge in [0.15, 0.2) is 0 Å². The Morgan fingerprint density at radius 3 is 2.91 bits per heavy atom. The summed E-state index contributed by atoms with van der Waals surface area (Å²) in [6.45, 7) is 0. The highest BCUT2D eigenvalue weighted by atomic mass is 35.5. The van der Waals surface area contributed by atoms with Crippen molar-refractivity contribution < 1.29 is 0 Å². The van der Waals surface area contributed by atoms with Gasteiger partial charge >= 0.3 is 0 Å². The molecule has 0 aromatic carbocycles. The molecule has 0 saturated carbocycles. The van der Waals surface area contributed by atoms with Crippen molar-refractivity contribution in [3.63, 3.8) is 0 Å². The average Bonchev–Trinajstić information content (AvgIpc) is 2.36. The van der Waals surface area contributed by atoms with E-state index in [9.17, 15) is 0 Å². The second-order valence-corrected chi connectivity index (χ2v) is 2.95. The Bertz CT molecular complexity index is 358. The highest BCUT2D eigenvalue weighted by Crippen LogP contribution is 2.23. The van der Waals surface area contributed by atoms with Crippen molar-refractivity contribution in [3.05, 3.63) is 23.7 Å². The molecular formula is C7H7ClN2S. The lowest BCUT2D eigenvalue weighted by atomic mass is 10.4. The molecule has 0 unspecified atom stereocenters. The molecule has 2 aromatic rings. The molecule has 0 amide bonds. The highest BCUT2D eigenvalue weighted by molar-refractivity contribution is 7.17. The Morgan fingerprint density at radius 1 is 1.36 bits per heavy atom. The van der Waals surface area contributed by atoms with Crippen LogP contribution in [0.15, 0.2) is 23.7 Å². The number of nitrogens with zero attached hydrogens (tertiary/aromatic N) is 1. The van der Waals surface area contributed by atoms with Crippen LogP contribution in [0, 0.1) is 0 Å². The minimum Gasteiger partial charge on any atom is -0.397 e. The van der Waals surface area contributed by atoms with Crippen LogP contribution >= 0.6 is 23.7 Å². The molecular weight excluding hydrogens is 180 g/mol. The Kier molecular flexibility index (Phi) is 2.31. The van der Waals surface area contributed by atoms with E-state index in [0.29, 0.717) is 0 Å². The lowest BCUT2D eigenvalue weighted by Gasteiger charge is -1.91. The van der Waals surface area contributed by atoms with E-state index in [0.717, 1.165) is 15.9 Å². The Labute approximate surface area is 74.5 Å². The van der Waals surface area contributed by atoms with Crippen LogP contribution in [0.5, 0.6) is 0 Å². The third-order valence-electron chi connectivity index (χ3n) is 1.37. The molecule has 2 aromatic heterocycles. The van der Waals surface area contributed by atoms with Gasteiger partial charge in [-0.2, -0.15) is 0 Å². The Balaban J connectivity index is 0.000000605. The first kappa shape index (κ1) is 8.30. The van der Waals surface area contributed by atoms with E-state index in [-0.39, 0.29) is 12.4 Å². The van der Waals surface area contributed by atoms with Crippen LogP contribution in [0.1, 0.15) is 0 Å². The van der Waals surface area contributed by atoms with Crippen LogP contribution in [0.2, 0.25) is 0 Å². The maximum absolute atomic E-state index is 5.67. The molecule has 0 saturated heterocycles. The van der Waals surface area contributed by atoms with Gasteiger partial charge in [0.1, 0.15) is 0 Å². The molecule has 0 fully saturated rings. The number of rotatable bonds is 0. The molecule has 0 radical (unpaired) electrons. The standard InChI is InChI=1S/C7H6N2S.ClH/c8-5-1-3-9-6-2-4-10-7(5)6;/h1-4H,(H2,8,9);1H. The summed E-state index contributed by atoms with van der Waals surface area (Å²) in [5.74, 6) is 0. The molecule has 11 heavy (non-hydrogen) atoms. The van der Waals surface area contributed by atoms with Gasteiger partial charge in [-0.25, -0.2) is 0 Å². The number of hydrogen-bond donors (Lipinski definition) is 1. The molecule has 0 bridgehead atoms. The normalized spacial score (nSPS) is 9.45. The number of anilines is 1. The topological polar surface area (TPSA) is 38.9 Å². The van der Waals surface area contributed by atoms with E-state index < -0.39 is 0 Å². The number of nitrogens with two attached hydrogens (primary N) is 1. The molecule has 2 rings (SSSR count). The zero-order chi connectivity index (χ0) is 6.97. The summed E-state index contributed by atoms with van der Waals surface area (Å²) in [4.78, 5) is 4.13. The summed E-state index contributed by atoms with van der Waals surface area (Å²) in [6.07, 6.45) is 1.73. The van der Waals surface area contributed by atoms with E-state index in [1.54, 1.807) is 17.5 Å². The molecule has 0 aliphatic rings. The smallest absolute Gasteiger partial charge is 0.0830 e. The minimum absolute atomic E-state index is 0. The third kappa shape index (κ3) is 1.29. The number of aromatic nitrogens is 1. The zero-order valence-corrected chi connectivity index (χ0v) is 7.28. The first-order valence-corrected chi connectivity index (χ1v) is 3.83. The van der Waals surface area contributed by atoms with Gasteiger partial charge in [0.2, 0.25) is 0 Å². The lowest BCUT2D eigenvalue weighted by molar-refractivity contribution is 1.43. The number of halogens is 1. The molecule has 0 atom stereocenters. The predicted octanol–water partition coefficient (Wildman–Crippen LogP) is 2.30. The summed E-state index contributed by atoms with van der Waals surface area (Å²) in [5.41, 5.74) is 7.48. The third-order valence-corrected chi connectivity index (χ3v) is 2.33. The second kappa shape index (κ2) is 3.07. The van der Waals surface area contributed by atoms with Crippen molar-refractivity contribution in [1.29, 1.82) is 0 Å². The largest absolute Gasteiger partial charge is 0.397 e. The molecule has 0 aliphatic carbocycles. The summed E-state index contributed by atoms with van der Waals surface area (Å²) in [5, 5.41) is 1.99. The van der Waals surface area contributed by atoms with Crippen LogP contribution in [0.4, 0.5) is 5.69 Å². The minimum atomic E-state index is 0. The van der Waals surface area contributed by atoms with Gasteiger partial charge in [-0.05, 0) is 17.5 Å². The quantitative estimate of drug-likeness (QED) is 0.686. The van der Waals surface area contributed by atoms with Crippen molar-refractivity contribution in [3.8, 4) is 0 Å². The maximum Gasteiger partial charge on any atom is 0.0830 e. The maximum atomic E-state index is 5.67. The molecule has 2 nitrogen and oxygen atoms in total. The van der Waals surface area contributed by atoms with Crippen molar-refractivity contribution >= 4 is 39.6 Å². The Hall–Kier alpha value is -0.800. The van der Waals surface area contributed by atoms with Gasteiger partial charge in [0.25, 0.3) is 0 Å². The average molecular weight is 187 g/mol. The van der Waals surface area contributed by atoms with Gasteiger partial charge in [-0.1, -0.05) is 0 Å². The fraction of sp³-hybridized carbons (Fsp3) is 0. The van der Waals surface area contributed by atoms with Crippen molar-refractivity contribution in [1.82, 2.24) is 4.98 Å². The molecule has 0 spiro atoms. The van der Waals surface area contributed by atoms with Crippen LogP contribution in [0.25, 0.3) is 10.2 Å². The number of hydrogen-bond acceptors (Lipinski definition) is 3. The SMILES string of the molecule is Cl.Nc1ccnc2ccsc12. The van der Waals surface area contributed by atoms with E-state index >= 15 is 0 Å². The summed E-state index contributed by atoms with van der Waals surface area (Å²) < 4.78 is 1.09. The van der Waals surface area contributed by atoms with Gasteiger partial charge in [0, 0.05) is 6.20 Å². The Morgan fingerprint density at radius 2 is 2.18 bits per heavy atom. The predicted molar refractivity (Wildman–Crippen MR) is 51.3 cm³/mol. The fourth-order valence-electron chi connectivity index (χ4n) is 0.894. The number of thiophene rings is 1. The van der Waals surface area contributed by atoms with Gasteiger partial charge in [-0.15, -0.1) is 23.7 Å². The zero-order valence-electron chi connectivity index (χ0n) is 5.65. The molecule has 0 aliphatic heterocycles.